The summed E-state index contributed by atoms with van der Waals surface area (Å²) in [6, 6.07) is 0. The van der Waals surface area contributed by atoms with E-state index in [-0.39, 0.29) is 0 Å². The van der Waals surface area contributed by atoms with Gasteiger partial charge in [-0.05, 0) is 0 Å². The molecule has 0 saturated heterocycles. The van der Waals surface area contributed by atoms with Crippen LogP contribution in [0.1, 0.15) is 104 Å². The van der Waals surface area contributed by atoms with Gasteiger partial charge in [0.15, 0.2) is 0 Å². The van der Waals surface area contributed by atoms with Crippen LogP contribution in [0.5, 0.6) is 0 Å². The summed E-state index contributed by atoms with van der Waals surface area (Å²) >= 11 is -1.89. The normalized spacial score (nSPS) is 11.2. The van der Waals surface area contributed by atoms with Crippen LogP contribution in [0.15, 0.2) is 0 Å². The Bertz CT molecular complexity index is 181. The fourth-order valence-corrected chi connectivity index (χ4v) is 3.89. The average Bonchev–Trinajstić information content (AvgIpc) is 2.46. The molecule has 0 fully saturated rings. The molecular formula is C17H36O2Sn. The van der Waals surface area contributed by atoms with E-state index in [1.54, 1.807) is 0 Å². The van der Waals surface area contributed by atoms with Crippen molar-refractivity contribution in [2.24, 2.45) is 0 Å². The molecule has 3 heteroatoms. The zero-order valence-electron chi connectivity index (χ0n) is 13.9. The van der Waals surface area contributed by atoms with Gasteiger partial charge in [-0.1, -0.05) is 0 Å². The molecule has 0 amide bonds. The molecule has 0 aromatic rings. The second-order valence-electron chi connectivity index (χ2n) is 5.97. The average molecular weight is 391 g/mol. The Kier molecular flexibility index (Phi) is 18.1. The maximum absolute atomic E-state index is 10.9. The van der Waals surface area contributed by atoms with Gasteiger partial charge < -0.3 is 0 Å². The third-order valence-electron chi connectivity index (χ3n) is 4.01. The topological polar surface area (TPSA) is 26.3 Å². The van der Waals surface area contributed by atoms with E-state index in [2.05, 4.69) is 13.8 Å². The summed E-state index contributed by atoms with van der Waals surface area (Å²) in [5.74, 6) is 0. The summed E-state index contributed by atoms with van der Waals surface area (Å²) in [7, 11) is 0. The van der Waals surface area contributed by atoms with Crippen molar-refractivity contribution >= 4 is 21.5 Å². The molecule has 0 aliphatic rings. The first kappa shape index (κ1) is 20.6. The summed E-state index contributed by atoms with van der Waals surface area (Å²) in [4.78, 5) is 0. The summed E-state index contributed by atoms with van der Waals surface area (Å²) in [5.41, 5.74) is 0. The van der Waals surface area contributed by atoms with Crippen LogP contribution in [0, 0.1) is 0 Å². The number of hydrogen-bond donors (Lipinski definition) is 0. The molecule has 0 unspecified atom stereocenters. The molecule has 20 heavy (non-hydrogen) atoms. The van der Waals surface area contributed by atoms with Crippen molar-refractivity contribution in [1.82, 2.24) is 0 Å². The van der Waals surface area contributed by atoms with Gasteiger partial charge in [0.25, 0.3) is 0 Å². The van der Waals surface area contributed by atoms with Crippen LogP contribution >= 0.6 is 0 Å². The quantitative estimate of drug-likeness (QED) is 0.254. The fourth-order valence-electron chi connectivity index (χ4n) is 2.66. The van der Waals surface area contributed by atoms with Crippen molar-refractivity contribution in [3.63, 3.8) is 0 Å². The van der Waals surface area contributed by atoms with Crippen molar-refractivity contribution < 1.29 is 6.15 Å². The summed E-state index contributed by atoms with van der Waals surface area (Å²) in [6.45, 7) is 4.51. The van der Waals surface area contributed by atoms with Crippen LogP contribution in [0.2, 0.25) is 0 Å². The molecule has 0 radical (unpaired) electrons. The van der Waals surface area contributed by atoms with Gasteiger partial charge in [-0.2, -0.15) is 0 Å². The molecule has 0 bridgehead atoms. The Morgan fingerprint density at radius 2 is 1.10 bits per heavy atom. The van der Waals surface area contributed by atoms with Gasteiger partial charge in [-0.15, -0.1) is 0 Å². The molecule has 0 rings (SSSR count). The van der Waals surface area contributed by atoms with Crippen LogP contribution in [-0.2, 0) is 6.15 Å². The van der Waals surface area contributed by atoms with Gasteiger partial charge in [-0.3, -0.25) is 0 Å². The second kappa shape index (κ2) is 17.6. The second-order valence-corrected chi connectivity index (χ2v) is 7.29. The van der Waals surface area contributed by atoms with E-state index in [0.717, 1.165) is 12.8 Å². The predicted molar refractivity (Wildman–Crippen MR) is 88.7 cm³/mol. The van der Waals surface area contributed by atoms with Crippen molar-refractivity contribution in [1.29, 1.82) is 0 Å². The molecule has 0 spiro atoms. The van der Waals surface area contributed by atoms with Gasteiger partial charge in [0.05, 0.1) is 0 Å². The van der Waals surface area contributed by atoms with Crippen molar-refractivity contribution in [2.75, 3.05) is 0 Å². The molecule has 0 aromatic carbocycles. The first-order chi connectivity index (χ1) is 9.85. The van der Waals surface area contributed by atoms with Crippen LogP contribution in [0.25, 0.3) is 0 Å². The van der Waals surface area contributed by atoms with E-state index in [4.69, 9.17) is 3.07 Å². The van der Waals surface area contributed by atoms with Crippen molar-refractivity contribution in [3.8, 4) is 0 Å². The third-order valence-corrected chi connectivity index (χ3v) is 5.42. The molecule has 0 aliphatic carbocycles. The Morgan fingerprint density at radius 1 is 0.700 bits per heavy atom. The predicted octanol–water partition coefficient (Wildman–Crippen LogP) is 5.57. The Morgan fingerprint density at radius 3 is 1.50 bits per heavy atom. The Labute approximate surface area is 137 Å². The molecule has 0 heterocycles. The van der Waals surface area contributed by atoms with Gasteiger partial charge >= 0.3 is 138 Å². The molecular weight excluding hydrogens is 355 g/mol. The van der Waals surface area contributed by atoms with E-state index in [0.29, 0.717) is 6.10 Å². The third kappa shape index (κ3) is 15.0. The summed E-state index contributed by atoms with van der Waals surface area (Å²) in [6.07, 6.45) is 18.6. The van der Waals surface area contributed by atoms with Gasteiger partial charge in [-0.25, -0.2) is 0 Å². The van der Waals surface area contributed by atoms with E-state index < -0.39 is 21.5 Å². The number of unbranched alkanes of at least 4 members (excludes halogenated alkanes) is 10. The molecule has 120 valence electrons. The zero-order valence-corrected chi connectivity index (χ0v) is 17.2. The first-order valence-electron chi connectivity index (χ1n) is 8.94. The molecule has 0 aliphatic heterocycles. The minimum atomic E-state index is -1.89. The van der Waals surface area contributed by atoms with Crippen molar-refractivity contribution in [3.05, 3.63) is 0 Å². The fraction of sp³-hybridized carbons (Fsp3) is 1.00. The van der Waals surface area contributed by atoms with Crippen molar-refractivity contribution in [2.45, 2.75) is 110 Å². The van der Waals surface area contributed by atoms with E-state index >= 15 is 0 Å². The standard InChI is InChI=1S/C17H35O.O.Sn.H/c1-3-5-7-9-11-13-15-17(18)16-14-12-10-8-6-4-2;;;/h17H,3-16H2,1-2H3;;;/q-1;;+1;. The van der Waals surface area contributed by atoms with E-state index in [9.17, 15) is 3.08 Å². The van der Waals surface area contributed by atoms with Gasteiger partial charge in [0.2, 0.25) is 0 Å². The van der Waals surface area contributed by atoms with Gasteiger partial charge in [0.1, 0.15) is 0 Å². The molecule has 0 atom stereocenters. The van der Waals surface area contributed by atoms with Crippen LogP contribution in [0.4, 0.5) is 0 Å². The number of rotatable bonds is 16. The van der Waals surface area contributed by atoms with Crippen LogP contribution < -0.4 is 0 Å². The van der Waals surface area contributed by atoms with E-state index in [1.165, 1.54) is 77.0 Å². The summed E-state index contributed by atoms with van der Waals surface area (Å²) < 4.78 is 16.4. The maximum atomic E-state index is 10.9. The van der Waals surface area contributed by atoms with Crippen LogP contribution in [-0.4, -0.2) is 27.6 Å². The Hall–Kier alpha value is 0.559. The van der Waals surface area contributed by atoms with Crippen LogP contribution in [0.3, 0.4) is 0 Å². The van der Waals surface area contributed by atoms with Gasteiger partial charge in [0, 0.05) is 0 Å². The SMILES string of the molecule is CCCCCCCCC(CCCCCCCC)[O][SnH]=[O]. The monoisotopic (exact) mass is 392 g/mol. The number of hydrogen-bond acceptors (Lipinski definition) is 2. The molecule has 0 saturated carbocycles. The molecule has 2 nitrogen and oxygen atoms in total. The molecule has 0 N–H and O–H groups in total. The minimum absolute atomic E-state index is 0.311. The zero-order chi connectivity index (χ0) is 14.9. The first-order valence-corrected chi connectivity index (χ1v) is 11.6. The summed E-state index contributed by atoms with van der Waals surface area (Å²) in [5, 5.41) is 0. The molecule has 0 aromatic heterocycles. The Balaban J connectivity index is 3.47. The van der Waals surface area contributed by atoms with E-state index in [1.807, 2.05) is 0 Å².